The molecular formula is C23H36N6O5S. The molecule has 0 aliphatic carbocycles. The van der Waals surface area contributed by atoms with Crippen LogP contribution in [0, 0.1) is 17.8 Å². The van der Waals surface area contributed by atoms with Crippen LogP contribution in [-0.4, -0.2) is 105 Å². The number of carbonyl (C=O) groups excluding carboxylic acids is 2. The van der Waals surface area contributed by atoms with E-state index in [2.05, 4.69) is 4.99 Å². The van der Waals surface area contributed by atoms with Gasteiger partial charge >= 0.3 is 5.97 Å². The Labute approximate surface area is 209 Å². The molecule has 4 heterocycles. The monoisotopic (exact) mass is 508 g/mol. The Morgan fingerprint density at radius 2 is 2.00 bits per heavy atom. The molecule has 7 atom stereocenters. The van der Waals surface area contributed by atoms with E-state index in [4.69, 9.17) is 11.5 Å². The van der Waals surface area contributed by atoms with Crippen LogP contribution in [0.3, 0.4) is 0 Å². The van der Waals surface area contributed by atoms with Gasteiger partial charge in [0, 0.05) is 42.3 Å². The lowest BCUT2D eigenvalue weighted by molar-refractivity contribution is -0.163. The predicted molar refractivity (Wildman–Crippen MR) is 132 cm³/mol. The number of carboxylic acids is 1. The summed E-state index contributed by atoms with van der Waals surface area (Å²) in [7, 11) is 1.93. The number of rotatable bonds is 8. The number of thioether (sulfide) groups is 1. The quantitative estimate of drug-likeness (QED) is 0.191. The molecule has 2 amide bonds. The van der Waals surface area contributed by atoms with Crippen LogP contribution in [0.25, 0.3) is 0 Å². The van der Waals surface area contributed by atoms with Crippen LogP contribution in [0.1, 0.15) is 33.1 Å². The molecule has 0 saturated carbocycles. The Morgan fingerprint density at radius 1 is 1.29 bits per heavy atom. The zero-order valence-electron chi connectivity index (χ0n) is 20.5. The van der Waals surface area contributed by atoms with E-state index >= 15 is 0 Å². The normalized spacial score (nSPS) is 33.7. The number of carboxylic acid groups (broad SMARTS) is 1. The van der Waals surface area contributed by atoms with Gasteiger partial charge in [-0.15, -0.1) is 11.8 Å². The maximum atomic E-state index is 13.3. The summed E-state index contributed by atoms with van der Waals surface area (Å²) in [5, 5.41) is 20.0. The molecule has 4 aliphatic rings. The van der Waals surface area contributed by atoms with Crippen LogP contribution in [0.4, 0.5) is 0 Å². The summed E-state index contributed by atoms with van der Waals surface area (Å²) in [5.74, 6) is -1.63. The minimum Gasteiger partial charge on any atom is -0.477 e. The number of aliphatic imine (C=N–C) groups is 1. The Bertz CT molecular complexity index is 951. The first kappa shape index (κ1) is 25.8. The second kappa shape index (κ2) is 9.98. The number of amides is 2. The lowest BCUT2D eigenvalue weighted by Gasteiger charge is -2.46. The molecule has 3 fully saturated rings. The van der Waals surface area contributed by atoms with Crippen molar-refractivity contribution in [1.82, 2.24) is 14.7 Å². The van der Waals surface area contributed by atoms with Crippen LogP contribution in [0.15, 0.2) is 15.6 Å². The van der Waals surface area contributed by atoms with Gasteiger partial charge in [0.05, 0.1) is 24.1 Å². The Morgan fingerprint density at radius 3 is 2.63 bits per heavy atom. The van der Waals surface area contributed by atoms with Crippen molar-refractivity contribution in [3.63, 3.8) is 0 Å². The lowest BCUT2D eigenvalue weighted by Crippen LogP contribution is -2.63. The summed E-state index contributed by atoms with van der Waals surface area (Å²) in [6.07, 6.45) is 1.57. The van der Waals surface area contributed by atoms with Crippen LogP contribution < -0.4 is 11.5 Å². The summed E-state index contributed by atoms with van der Waals surface area (Å²) in [6.45, 7) is 6.14. The molecule has 0 unspecified atom stereocenters. The van der Waals surface area contributed by atoms with Crippen LogP contribution in [0.5, 0.6) is 0 Å². The van der Waals surface area contributed by atoms with Crippen molar-refractivity contribution in [2.24, 2.45) is 34.2 Å². The maximum absolute atomic E-state index is 13.3. The zero-order chi connectivity index (χ0) is 25.6. The molecule has 0 aromatic heterocycles. The highest BCUT2D eigenvalue weighted by Crippen LogP contribution is 2.52. The molecule has 194 valence electrons. The topological polar surface area (TPSA) is 166 Å². The first-order valence-electron chi connectivity index (χ1n) is 12.2. The van der Waals surface area contributed by atoms with Crippen molar-refractivity contribution < 1.29 is 24.6 Å². The van der Waals surface area contributed by atoms with Crippen molar-refractivity contribution in [3.8, 4) is 0 Å². The van der Waals surface area contributed by atoms with E-state index in [0.717, 1.165) is 19.4 Å². The highest BCUT2D eigenvalue weighted by atomic mass is 32.2. The fourth-order valence-electron chi connectivity index (χ4n) is 6.04. The van der Waals surface area contributed by atoms with Crippen molar-refractivity contribution in [3.05, 3.63) is 10.6 Å². The van der Waals surface area contributed by atoms with E-state index in [-0.39, 0.29) is 46.7 Å². The molecule has 4 aliphatic heterocycles. The minimum absolute atomic E-state index is 0.0370. The van der Waals surface area contributed by atoms with E-state index < -0.39 is 18.0 Å². The van der Waals surface area contributed by atoms with Crippen LogP contribution in [0.2, 0.25) is 0 Å². The second-order valence-electron chi connectivity index (χ2n) is 10.2. The minimum atomic E-state index is -1.12. The molecule has 3 saturated heterocycles. The number of aliphatic carboxylic acids is 1. The Balaban J connectivity index is 1.39. The van der Waals surface area contributed by atoms with Crippen molar-refractivity contribution in [2.75, 3.05) is 33.2 Å². The molecule has 0 radical (unpaired) electrons. The van der Waals surface area contributed by atoms with E-state index in [9.17, 15) is 24.6 Å². The van der Waals surface area contributed by atoms with Gasteiger partial charge in [0.15, 0.2) is 5.96 Å². The van der Waals surface area contributed by atoms with Gasteiger partial charge in [0.2, 0.25) is 11.8 Å². The van der Waals surface area contributed by atoms with E-state index in [1.165, 1.54) is 16.7 Å². The number of guanidine groups is 1. The summed E-state index contributed by atoms with van der Waals surface area (Å²) >= 11 is 1.48. The van der Waals surface area contributed by atoms with Gasteiger partial charge in [-0.1, -0.05) is 6.92 Å². The molecule has 6 N–H and O–H groups in total. The maximum Gasteiger partial charge on any atom is 0.353 e. The fraction of sp³-hybridized carbons (Fsp3) is 0.739. The molecule has 0 bridgehead atoms. The van der Waals surface area contributed by atoms with Crippen LogP contribution >= 0.6 is 11.8 Å². The average Bonchev–Trinajstić information content (AvgIpc) is 3.44. The summed E-state index contributed by atoms with van der Waals surface area (Å²) < 4.78 is 0. The molecule has 0 spiro atoms. The van der Waals surface area contributed by atoms with Crippen molar-refractivity contribution in [2.45, 2.75) is 56.5 Å². The third kappa shape index (κ3) is 4.75. The van der Waals surface area contributed by atoms with Gasteiger partial charge in [-0.3, -0.25) is 19.5 Å². The molecule has 12 heteroatoms. The van der Waals surface area contributed by atoms with Crippen molar-refractivity contribution in [1.29, 1.82) is 0 Å². The van der Waals surface area contributed by atoms with E-state index in [0.29, 0.717) is 36.9 Å². The fourth-order valence-corrected chi connectivity index (χ4v) is 7.64. The van der Waals surface area contributed by atoms with Crippen molar-refractivity contribution >= 4 is 35.5 Å². The smallest absolute Gasteiger partial charge is 0.353 e. The number of likely N-dealkylation sites (N-methyl/N-ethyl adjacent to an activating group) is 1. The number of hydrogen-bond acceptors (Lipinski definition) is 7. The number of aliphatic hydroxyl groups is 1. The number of β-lactam (4-membered cyclic amide) rings is 1. The standard InChI is InChI=1S/C23H36N6O5S/c1-11-17-16(12(2)30)21(32)29(17)18(22(33)34)19(11)35-14-8-15(27(3)10-14)20(31)28-7-5-13(9-28)4-6-26-23(24)25/h11-17,30H,4-10H2,1-3H3,(H,33,34)(H4,24,25,26)/t11-,12-,13+,14+,15+,16-,17-/m1/s1. The number of nitrogens with zero attached hydrogens (tertiary/aromatic N) is 4. The summed E-state index contributed by atoms with van der Waals surface area (Å²) in [5.41, 5.74) is 10.8. The predicted octanol–water partition coefficient (Wildman–Crippen LogP) is -0.542. The molecule has 4 rings (SSSR count). The third-order valence-electron chi connectivity index (χ3n) is 7.83. The van der Waals surface area contributed by atoms with Gasteiger partial charge in [0.25, 0.3) is 0 Å². The first-order chi connectivity index (χ1) is 16.5. The number of aliphatic hydroxyl groups excluding tert-OH is 1. The number of carbonyl (C=O) groups is 3. The Kier molecular flexibility index (Phi) is 7.35. The number of nitrogens with two attached hydrogens (primary N) is 2. The molecular weight excluding hydrogens is 472 g/mol. The number of hydrogen-bond donors (Lipinski definition) is 4. The van der Waals surface area contributed by atoms with Gasteiger partial charge in [-0.2, -0.15) is 0 Å². The number of fused-ring (bicyclic) bond motifs is 1. The summed E-state index contributed by atoms with van der Waals surface area (Å²) in [6, 6.07) is -0.577. The second-order valence-corrected chi connectivity index (χ2v) is 11.6. The molecule has 0 aromatic rings. The molecule has 35 heavy (non-hydrogen) atoms. The summed E-state index contributed by atoms with van der Waals surface area (Å²) in [4.78, 5) is 48.0. The number of likely N-dealkylation sites (tertiary alicyclic amines) is 2. The lowest BCUT2D eigenvalue weighted by atomic mass is 9.79. The van der Waals surface area contributed by atoms with Gasteiger partial charge < -0.3 is 31.5 Å². The molecule has 11 nitrogen and oxygen atoms in total. The van der Waals surface area contributed by atoms with E-state index in [1.54, 1.807) is 6.92 Å². The Hall–Kier alpha value is -2.31. The van der Waals surface area contributed by atoms with E-state index in [1.807, 2.05) is 23.8 Å². The van der Waals surface area contributed by atoms with Gasteiger partial charge in [0.1, 0.15) is 5.70 Å². The van der Waals surface area contributed by atoms with Crippen LogP contribution in [-0.2, 0) is 14.4 Å². The van der Waals surface area contributed by atoms with Gasteiger partial charge in [-0.25, -0.2) is 4.79 Å². The highest BCUT2D eigenvalue weighted by molar-refractivity contribution is 8.03. The first-order valence-corrected chi connectivity index (χ1v) is 13.1. The average molecular weight is 509 g/mol. The zero-order valence-corrected chi connectivity index (χ0v) is 21.3. The third-order valence-corrected chi connectivity index (χ3v) is 9.32. The SMILES string of the molecule is C[C@@H](O)[C@H]1C(=O)N2C(C(=O)O)=C(S[C@H]3C[C@@H](C(=O)N4CC[C@H](CCN=C(N)N)C4)N(C)C3)[C@H](C)[C@H]12. The highest BCUT2D eigenvalue weighted by Gasteiger charge is 2.60. The largest absolute Gasteiger partial charge is 0.477 e. The molecule has 0 aromatic carbocycles. The van der Waals surface area contributed by atoms with Gasteiger partial charge in [-0.05, 0) is 39.2 Å².